The van der Waals surface area contributed by atoms with Crippen LogP contribution < -0.4 is 14.8 Å². The van der Waals surface area contributed by atoms with Crippen molar-refractivity contribution in [1.29, 1.82) is 0 Å². The van der Waals surface area contributed by atoms with Gasteiger partial charge in [0.05, 0.1) is 12.3 Å². The Kier molecular flexibility index (Phi) is 5.29. The number of nitrogens with one attached hydrogen (secondary N) is 1. The summed E-state index contributed by atoms with van der Waals surface area (Å²) >= 11 is 0. The fourth-order valence-corrected chi connectivity index (χ4v) is 6.70. The van der Waals surface area contributed by atoms with Crippen molar-refractivity contribution in [3.63, 3.8) is 0 Å². The first-order valence-electron chi connectivity index (χ1n) is 12.2. The number of benzene rings is 2. The quantitative estimate of drug-likeness (QED) is 0.531. The van der Waals surface area contributed by atoms with E-state index in [4.69, 9.17) is 9.47 Å². The Morgan fingerprint density at radius 2 is 1.70 bits per heavy atom. The van der Waals surface area contributed by atoms with Gasteiger partial charge in [-0.05, 0) is 103 Å². The zero-order valence-corrected chi connectivity index (χ0v) is 19.1. The largest absolute Gasteiger partial charge is 0.490 e. The highest BCUT2D eigenvalue weighted by molar-refractivity contribution is 5.45. The van der Waals surface area contributed by atoms with Gasteiger partial charge < -0.3 is 14.8 Å². The maximum Gasteiger partial charge on any atom is 0.346 e. The Morgan fingerprint density at radius 3 is 2.39 bits per heavy atom. The maximum atomic E-state index is 6.10. The van der Waals surface area contributed by atoms with Crippen molar-refractivity contribution in [3.8, 4) is 23.2 Å². The normalized spacial score (nSPS) is 27.6. The summed E-state index contributed by atoms with van der Waals surface area (Å²) in [7, 11) is 0. The first kappa shape index (κ1) is 20.7. The van der Waals surface area contributed by atoms with Crippen molar-refractivity contribution in [2.75, 3.05) is 6.61 Å². The van der Waals surface area contributed by atoms with Crippen molar-refractivity contribution >= 4 is 0 Å². The number of hydrogen-bond donors (Lipinski definition) is 1. The van der Waals surface area contributed by atoms with Gasteiger partial charge in [-0.25, -0.2) is 0 Å². The smallest absolute Gasteiger partial charge is 0.346 e. The molecular formula is C26H31N5O2. The Bertz CT molecular complexity index is 1080. The molecule has 4 aliphatic carbocycles. The van der Waals surface area contributed by atoms with Gasteiger partial charge in [-0.2, -0.15) is 4.68 Å². The molecule has 0 radical (unpaired) electrons. The molecule has 4 bridgehead atoms. The second-order valence-corrected chi connectivity index (χ2v) is 10.1. The molecule has 0 aliphatic heterocycles. The zero-order valence-electron chi connectivity index (χ0n) is 19.1. The molecule has 4 fully saturated rings. The summed E-state index contributed by atoms with van der Waals surface area (Å²) in [6.45, 7) is 3.40. The minimum Gasteiger partial charge on any atom is -0.490 e. The number of ether oxygens (including phenoxy) is 2. The molecule has 2 aromatic carbocycles. The molecule has 0 amide bonds. The zero-order chi connectivity index (χ0) is 22.3. The van der Waals surface area contributed by atoms with Gasteiger partial charge in [0.25, 0.3) is 0 Å². The third-order valence-electron chi connectivity index (χ3n) is 7.66. The molecule has 1 aromatic heterocycles. The fraction of sp³-hybridized carbons (Fsp3) is 0.500. The van der Waals surface area contributed by atoms with Crippen LogP contribution in [-0.4, -0.2) is 32.4 Å². The van der Waals surface area contributed by atoms with Crippen LogP contribution in [0.5, 0.6) is 17.5 Å². The summed E-state index contributed by atoms with van der Waals surface area (Å²) < 4.78 is 13.6. The number of hydrogen-bond acceptors (Lipinski definition) is 6. The standard InChI is InChI=1S/C26H31N5O2/c1-2-32-24-13-18(17-27-26-14-19-10-20(15-26)12-21(11-19)16-26)8-9-23(24)33-25-28-29-30-31(25)22-6-4-3-5-7-22/h3-9,13,19-21,27H,2,10-12,14-17H2,1H3. The Hall–Kier alpha value is -2.93. The molecular weight excluding hydrogens is 414 g/mol. The van der Waals surface area contributed by atoms with Crippen LogP contribution in [0.4, 0.5) is 0 Å². The van der Waals surface area contributed by atoms with Gasteiger partial charge in [0.15, 0.2) is 11.5 Å². The van der Waals surface area contributed by atoms with Gasteiger partial charge in [0, 0.05) is 12.1 Å². The monoisotopic (exact) mass is 445 g/mol. The van der Waals surface area contributed by atoms with Crippen LogP contribution in [0, 0.1) is 17.8 Å². The number of nitrogens with zero attached hydrogens (tertiary/aromatic N) is 4. The molecule has 3 aromatic rings. The first-order valence-corrected chi connectivity index (χ1v) is 12.2. The van der Waals surface area contributed by atoms with Crippen LogP contribution in [0.2, 0.25) is 0 Å². The number of aromatic nitrogens is 4. The van der Waals surface area contributed by atoms with Gasteiger partial charge in [0.2, 0.25) is 0 Å². The average Bonchev–Trinajstić information content (AvgIpc) is 3.27. The third kappa shape index (κ3) is 4.10. The van der Waals surface area contributed by atoms with Gasteiger partial charge in [-0.15, -0.1) is 0 Å². The number of tetrazole rings is 1. The SMILES string of the molecule is CCOc1cc(CNC23CC4CC(CC(C4)C2)C3)ccc1Oc1nnnn1-c1ccccc1. The molecule has 0 saturated heterocycles. The summed E-state index contributed by atoms with van der Waals surface area (Å²) in [5.41, 5.74) is 2.39. The molecule has 7 nitrogen and oxygen atoms in total. The van der Waals surface area contributed by atoms with Crippen LogP contribution in [0.25, 0.3) is 5.69 Å². The van der Waals surface area contributed by atoms with Gasteiger partial charge >= 0.3 is 6.01 Å². The van der Waals surface area contributed by atoms with E-state index in [1.807, 2.05) is 43.3 Å². The van der Waals surface area contributed by atoms with Gasteiger partial charge in [0.1, 0.15) is 0 Å². The van der Waals surface area contributed by atoms with Crippen molar-refractivity contribution in [2.24, 2.45) is 17.8 Å². The van der Waals surface area contributed by atoms with E-state index in [2.05, 4.69) is 33.0 Å². The van der Waals surface area contributed by atoms with Crippen LogP contribution in [0.1, 0.15) is 51.0 Å². The van der Waals surface area contributed by atoms with E-state index in [0.717, 1.165) is 30.0 Å². The van der Waals surface area contributed by atoms with E-state index in [0.29, 0.717) is 29.7 Å². The predicted molar refractivity (Wildman–Crippen MR) is 125 cm³/mol. The molecule has 4 saturated carbocycles. The summed E-state index contributed by atoms with van der Waals surface area (Å²) in [5, 5.41) is 15.9. The minimum absolute atomic E-state index is 0.307. The lowest BCUT2D eigenvalue weighted by atomic mass is 9.53. The van der Waals surface area contributed by atoms with E-state index >= 15 is 0 Å². The van der Waals surface area contributed by atoms with Crippen molar-refractivity contribution in [2.45, 2.75) is 57.5 Å². The summed E-state index contributed by atoms with van der Waals surface area (Å²) in [5.74, 6) is 4.14. The molecule has 172 valence electrons. The van der Waals surface area contributed by atoms with Crippen LogP contribution in [0.3, 0.4) is 0 Å². The lowest BCUT2D eigenvalue weighted by Gasteiger charge is -2.57. The second kappa shape index (κ2) is 8.45. The van der Waals surface area contributed by atoms with Crippen molar-refractivity contribution in [1.82, 2.24) is 25.5 Å². The lowest BCUT2D eigenvalue weighted by Crippen LogP contribution is -2.58. The highest BCUT2D eigenvalue weighted by atomic mass is 16.5. The molecule has 0 spiro atoms. The highest BCUT2D eigenvalue weighted by Crippen LogP contribution is 2.55. The number of rotatable bonds is 8. The van der Waals surface area contributed by atoms with E-state index in [9.17, 15) is 0 Å². The molecule has 0 unspecified atom stereocenters. The van der Waals surface area contributed by atoms with E-state index in [-0.39, 0.29) is 0 Å². The molecule has 33 heavy (non-hydrogen) atoms. The Balaban J connectivity index is 1.19. The van der Waals surface area contributed by atoms with Crippen molar-refractivity contribution < 1.29 is 9.47 Å². The van der Waals surface area contributed by atoms with Crippen molar-refractivity contribution in [3.05, 3.63) is 54.1 Å². The maximum absolute atomic E-state index is 6.10. The number of para-hydroxylation sites is 1. The topological polar surface area (TPSA) is 74.1 Å². The highest BCUT2D eigenvalue weighted by Gasteiger charge is 2.50. The molecule has 7 heteroatoms. The Labute approximate surface area is 194 Å². The van der Waals surface area contributed by atoms with Gasteiger partial charge in [-0.1, -0.05) is 29.4 Å². The molecule has 1 N–H and O–H groups in total. The minimum atomic E-state index is 0.307. The van der Waals surface area contributed by atoms with Gasteiger partial charge in [-0.3, -0.25) is 0 Å². The summed E-state index contributed by atoms with van der Waals surface area (Å²) in [4.78, 5) is 0. The summed E-state index contributed by atoms with van der Waals surface area (Å²) in [6, 6.07) is 16.2. The summed E-state index contributed by atoms with van der Waals surface area (Å²) in [6.07, 6.45) is 8.43. The Morgan fingerprint density at radius 1 is 0.970 bits per heavy atom. The van der Waals surface area contributed by atoms with Crippen LogP contribution >= 0.6 is 0 Å². The second-order valence-electron chi connectivity index (χ2n) is 10.1. The predicted octanol–water partition coefficient (Wildman–Crippen LogP) is 4.91. The van der Waals surface area contributed by atoms with E-state index in [1.165, 1.54) is 44.1 Å². The first-order chi connectivity index (χ1) is 16.2. The molecule has 0 atom stereocenters. The molecule has 7 rings (SSSR count). The van der Waals surface area contributed by atoms with Crippen LogP contribution in [0.15, 0.2) is 48.5 Å². The van der Waals surface area contributed by atoms with E-state index in [1.54, 1.807) is 4.68 Å². The fourth-order valence-electron chi connectivity index (χ4n) is 6.70. The molecule has 1 heterocycles. The average molecular weight is 446 g/mol. The van der Waals surface area contributed by atoms with E-state index < -0.39 is 0 Å². The third-order valence-corrected chi connectivity index (χ3v) is 7.66. The molecule has 4 aliphatic rings. The van der Waals surface area contributed by atoms with Crippen LogP contribution in [-0.2, 0) is 6.54 Å². The lowest BCUT2D eigenvalue weighted by molar-refractivity contribution is -0.0206.